The molecule has 2 nitrogen and oxygen atoms in total. The summed E-state index contributed by atoms with van der Waals surface area (Å²) in [5, 5.41) is 10.7. The van der Waals surface area contributed by atoms with Crippen LogP contribution in [0, 0.1) is 28.6 Å². The predicted molar refractivity (Wildman–Crippen MR) is 72.0 cm³/mol. The van der Waals surface area contributed by atoms with Gasteiger partial charge in [0.2, 0.25) is 0 Å². The molecule has 104 valence electrons. The second-order valence-corrected chi connectivity index (χ2v) is 8.24. The molecule has 0 radical (unpaired) electrons. The maximum absolute atomic E-state index is 10.7. The van der Waals surface area contributed by atoms with Crippen molar-refractivity contribution >= 4 is 0 Å². The summed E-state index contributed by atoms with van der Waals surface area (Å²) >= 11 is 0. The van der Waals surface area contributed by atoms with Gasteiger partial charge >= 0.3 is 0 Å². The minimum absolute atomic E-state index is 0.0230. The van der Waals surface area contributed by atoms with Gasteiger partial charge in [-0.25, -0.2) is 0 Å². The van der Waals surface area contributed by atoms with Crippen molar-refractivity contribution in [3.63, 3.8) is 0 Å². The number of fused-ring (bicyclic) bond motifs is 3. The number of hydrogen-bond acceptors (Lipinski definition) is 2. The van der Waals surface area contributed by atoms with Gasteiger partial charge in [-0.05, 0) is 48.9 Å². The summed E-state index contributed by atoms with van der Waals surface area (Å²) < 4.78 is 5.72. The van der Waals surface area contributed by atoms with E-state index in [1.807, 2.05) is 0 Å². The summed E-state index contributed by atoms with van der Waals surface area (Å²) in [6.45, 7) is 11.7. The molecular formula is C16H28O2. The summed E-state index contributed by atoms with van der Waals surface area (Å²) in [4.78, 5) is 0. The van der Waals surface area contributed by atoms with E-state index >= 15 is 0 Å². The van der Waals surface area contributed by atoms with Gasteiger partial charge in [0.1, 0.15) is 6.10 Å². The van der Waals surface area contributed by atoms with E-state index in [0.717, 1.165) is 24.7 Å². The zero-order valence-corrected chi connectivity index (χ0v) is 12.5. The Kier molecular flexibility index (Phi) is 2.53. The molecule has 0 bridgehead atoms. The van der Waals surface area contributed by atoms with Crippen LogP contribution >= 0.6 is 0 Å². The first-order valence-corrected chi connectivity index (χ1v) is 7.61. The van der Waals surface area contributed by atoms with Crippen LogP contribution in [0.2, 0.25) is 0 Å². The highest BCUT2D eigenvalue weighted by Crippen LogP contribution is 2.69. The lowest BCUT2D eigenvalue weighted by Crippen LogP contribution is -2.56. The fourth-order valence-corrected chi connectivity index (χ4v) is 5.04. The Morgan fingerprint density at radius 2 is 1.89 bits per heavy atom. The number of rotatable bonds is 1. The molecule has 2 heteroatoms. The van der Waals surface area contributed by atoms with Gasteiger partial charge in [-0.1, -0.05) is 34.6 Å². The lowest BCUT2D eigenvalue weighted by Gasteiger charge is -2.55. The molecule has 2 aliphatic carbocycles. The first-order valence-electron chi connectivity index (χ1n) is 7.61. The van der Waals surface area contributed by atoms with E-state index < -0.39 is 5.79 Å². The molecule has 5 atom stereocenters. The maximum atomic E-state index is 10.7. The highest BCUT2D eigenvalue weighted by atomic mass is 16.7. The maximum Gasteiger partial charge on any atom is 0.198 e. The van der Waals surface area contributed by atoms with Gasteiger partial charge in [0.15, 0.2) is 5.79 Å². The quantitative estimate of drug-likeness (QED) is 0.723. The second kappa shape index (κ2) is 3.52. The topological polar surface area (TPSA) is 32.8 Å². The van der Waals surface area contributed by atoms with Crippen molar-refractivity contribution in [1.82, 2.24) is 0 Å². The summed E-state index contributed by atoms with van der Waals surface area (Å²) in [6, 6.07) is 0. The Morgan fingerprint density at radius 3 is 2.50 bits per heavy atom. The number of ether oxygens (including phenoxy) is 1. The Hall–Kier alpha value is -0.0800. The van der Waals surface area contributed by atoms with Crippen molar-refractivity contribution in [3.8, 4) is 0 Å². The van der Waals surface area contributed by atoms with Gasteiger partial charge < -0.3 is 9.84 Å². The van der Waals surface area contributed by atoms with Gasteiger partial charge in [0.05, 0.1) is 0 Å². The second-order valence-electron chi connectivity index (χ2n) is 8.24. The van der Waals surface area contributed by atoms with Crippen molar-refractivity contribution in [2.24, 2.45) is 28.6 Å². The van der Waals surface area contributed by atoms with Gasteiger partial charge in [0.25, 0.3) is 0 Å². The first-order chi connectivity index (χ1) is 8.21. The van der Waals surface area contributed by atoms with Crippen molar-refractivity contribution < 1.29 is 9.84 Å². The highest BCUT2D eigenvalue weighted by molar-refractivity contribution is 5.17. The molecule has 0 aromatic rings. The smallest absolute Gasteiger partial charge is 0.198 e. The molecule has 3 aliphatic rings. The number of hydrogen-bond donors (Lipinski definition) is 1. The predicted octanol–water partition coefficient (Wildman–Crippen LogP) is 3.58. The third kappa shape index (κ3) is 1.48. The molecule has 0 spiro atoms. The molecular weight excluding hydrogens is 224 g/mol. The summed E-state index contributed by atoms with van der Waals surface area (Å²) in [6.07, 6.45) is 4.76. The van der Waals surface area contributed by atoms with Crippen LogP contribution in [0.25, 0.3) is 0 Å². The van der Waals surface area contributed by atoms with E-state index in [9.17, 15) is 5.11 Å². The van der Waals surface area contributed by atoms with Crippen LogP contribution < -0.4 is 0 Å². The molecule has 0 amide bonds. The minimum atomic E-state index is -0.796. The fourth-order valence-electron chi connectivity index (χ4n) is 5.04. The molecule has 3 fully saturated rings. The Morgan fingerprint density at radius 1 is 1.22 bits per heavy atom. The third-order valence-electron chi connectivity index (χ3n) is 6.46. The molecule has 0 aromatic carbocycles. The monoisotopic (exact) mass is 252 g/mol. The van der Waals surface area contributed by atoms with Gasteiger partial charge in [-0.3, -0.25) is 0 Å². The average molecular weight is 252 g/mol. The zero-order chi connectivity index (χ0) is 13.3. The van der Waals surface area contributed by atoms with Gasteiger partial charge in [0, 0.05) is 5.41 Å². The van der Waals surface area contributed by atoms with Crippen LogP contribution in [0.4, 0.5) is 0 Å². The molecule has 1 unspecified atom stereocenters. The van der Waals surface area contributed by atoms with E-state index in [1.165, 1.54) is 12.8 Å². The van der Waals surface area contributed by atoms with Gasteiger partial charge in [-0.15, -0.1) is 0 Å². The Labute approximate surface area is 111 Å². The van der Waals surface area contributed by atoms with Crippen LogP contribution in [0.3, 0.4) is 0 Å². The van der Waals surface area contributed by atoms with Crippen LogP contribution in [0.1, 0.15) is 60.3 Å². The zero-order valence-electron chi connectivity index (χ0n) is 12.5. The van der Waals surface area contributed by atoms with Crippen molar-refractivity contribution in [1.29, 1.82) is 0 Å². The van der Waals surface area contributed by atoms with Crippen molar-refractivity contribution in [3.05, 3.63) is 0 Å². The molecule has 18 heavy (non-hydrogen) atoms. The lowest BCUT2D eigenvalue weighted by atomic mass is 9.48. The van der Waals surface area contributed by atoms with Crippen LogP contribution in [0.5, 0.6) is 0 Å². The van der Waals surface area contributed by atoms with Crippen LogP contribution in [-0.4, -0.2) is 17.0 Å². The van der Waals surface area contributed by atoms with E-state index in [-0.39, 0.29) is 11.5 Å². The normalized spacial score (nSPS) is 53.8. The third-order valence-corrected chi connectivity index (χ3v) is 6.46. The number of epoxide rings is 1. The summed E-state index contributed by atoms with van der Waals surface area (Å²) in [5.41, 5.74) is 0.278. The standard InChI is InChI=1S/C16H28O2/c1-10(2)11-6-7-15(5)12(8-11)14(3,4)9-13-16(15,17)18-13/h10-13,17H,6-9H2,1-5H3/t11-,12+,13?,15-,16-/m1/s1. The highest BCUT2D eigenvalue weighted by Gasteiger charge is 2.74. The van der Waals surface area contributed by atoms with Crippen LogP contribution in [0.15, 0.2) is 0 Å². The Balaban J connectivity index is 1.92. The molecule has 0 aromatic heterocycles. The molecule has 2 saturated carbocycles. The summed E-state index contributed by atoms with van der Waals surface area (Å²) in [7, 11) is 0. The van der Waals surface area contributed by atoms with E-state index in [4.69, 9.17) is 4.74 Å². The van der Waals surface area contributed by atoms with Gasteiger partial charge in [-0.2, -0.15) is 0 Å². The Bertz CT molecular complexity index is 362. The largest absolute Gasteiger partial charge is 0.363 e. The van der Waals surface area contributed by atoms with E-state index in [2.05, 4.69) is 34.6 Å². The minimum Gasteiger partial charge on any atom is -0.363 e. The average Bonchev–Trinajstić information content (AvgIpc) is 2.89. The molecule has 1 N–H and O–H groups in total. The van der Waals surface area contributed by atoms with E-state index in [1.54, 1.807) is 0 Å². The first kappa shape index (κ1) is 12.9. The summed E-state index contributed by atoms with van der Waals surface area (Å²) in [5.74, 6) is 1.38. The fraction of sp³-hybridized carbons (Fsp3) is 1.00. The molecule has 1 heterocycles. The van der Waals surface area contributed by atoms with Crippen molar-refractivity contribution in [2.45, 2.75) is 72.2 Å². The van der Waals surface area contributed by atoms with Crippen LogP contribution in [-0.2, 0) is 4.74 Å². The molecule has 1 aliphatic heterocycles. The number of aliphatic hydroxyl groups is 1. The lowest BCUT2D eigenvalue weighted by molar-refractivity contribution is -0.166. The van der Waals surface area contributed by atoms with E-state index in [0.29, 0.717) is 11.3 Å². The SMILES string of the molecule is CC(C)[C@@H]1CC[C@]2(C)[C@@H](C1)C(C)(C)CC1O[C@]12O. The van der Waals surface area contributed by atoms with Crippen molar-refractivity contribution in [2.75, 3.05) is 0 Å². The molecule has 3 rings (SSSR count). The molecule has 1 saturated heterocycles.